The summed E-state index contributed by atoms with van der Waals surface area (Å²) in [5.41, 5.74) is 14.9. The minimum absolute atomic E-state index is 0.0683. The van der Waals surface area contributed by atoms with Gasteiger partial charge in [0.25, 0.3) is 5.91 Å². The first-order chi connectivity index (χ1) is 17.3. The molecule has 1 aromatic carbocycles. The first kappa shape index (κ1) is 23.9. The Balaban J connectivity index is 1.53. The van der Waals surface area contributed by atoms with Crippen LogP contribution in [0.25, 0.3) is 11.3 Å². The second kappa shape index (κ2) is 9.30. The summed E-state index contributed by atoms with van der Waals surface area (Å²) in [4.78, 5) is 49.0. The number of piperidine rings is 1. The van der Waals surface area contributed by atoms with E-state index in [-0.39, 0.29) is 47.8 Å². The summed E-state index contributed by atoms with van der Waals surface area (Å²) in [7, 11) is 1.54. The van der Waals surface area contributed by atoms with Gasteiger partial charge in [-0.2, -0.15) is 0 Å². The fraction of sp³-hybridized carbons (Fsp3) is 0.400. The van der Waals surface area contributed by atoms with E-state index in [0.717, 1.165) is 31.5 Å². The van der Waals surface area contributed by atoms with E-state index >= 15 is 4.39 Å². The first-order valence-electron chi connectivity index (χ1n) is 12.0. The Morgan fingerprint density at radius 2 is 1.94 bits per heavy atom. The zero-order valence-corrected chi connectivity index (χ0v) is 20.0. The molecule has 1 aromatic heterocycles. The SMILES string of the molecule is CN=C(N)c1nc(-c2ccc3c(c2F)CN(C2CCC(=O)NC2=O)C3=O)cc(CN2CCCC2)c1N. The highest BCUT2D eigenvalue weighted by Crippen LogP contribution is 2.35. The number of aliphatic imine (C=N–C) groups is 1. The summed E-state index contributed by atoms with van der Waals surface area (Å²) in [6.45, 7) is 2.42. The fourth-order valence-electron chi connectivity index (χ4n) is 5.16. The number of amidine groups is 1. The summed E-state index contributed by atoms with van der Waals surface area (Å²) in [5, 5.41) is 2.25. The monoisotopic (exact) mass is 493 g/mol. The van der Waals surface area contributed by atoms with Gasteiger partial charge in [0.15, 0.2) is 0 Å². The van der Waals surface area contributed by atoms with Gasteiger partial charge in [-0.15, -0.1) is 0 Å². The van der Waals surface area contributed by atoms with Crippen molar-refractivity contribution in [1.29, 1.82) is 0 Å². The maximum absolute atomic E-state index is 15.9. The molecule has 3 aliphatic rings. The largest absolute Gasteiger partial charge is 0.397 e. The molecule has 5 rings (SSSR count). The lowest BCUT2D eigenvalue weighted by Gasteiger charge is -2.29. The van der Waals surface area contributed by atoms with Gasteiger partial charge >= 0.3 is 0 Å². The van der Waals surface area contributed by atoms with Gasteiger partial charge < -0.3 is 16.4 Å². The lowest BCUT2D eigenvalue weighted by atomic mass is 10.00. The standard InChI is InChI=1S/C25H28FN7O3/c1-29-23(28)22-21(27)13(11-32-8-2-3-9-32)10-17(30-22)15-5-4-14-16(20(15)26)12-33(25(14)36)18-6-7-19(34)31-24(18)35/h4-5,10,18H,2-3,6-9,11-12,27H2,1H3,(H2,28,29)(H,31,34,35). The first-order valence-corrected chi connectivity index (χ1v) is 12.0. The van der Waals surface area contributed by atoms with Gasteiger partial charge in [-0.3, -0.25) is 29.6 Å². The van der Waals surface area contributed by atoms with Gasteiger partial charge in [-0.25, -0.2) is 9.37 Å². The minimum atomic E-state index is -0.820. The Kier molecular flexibility index (Phi) is 6.17. The number of aromatic nitrogens is 1. The molecule has 3 amide bonds. The molecule has 0 bridgehead atoms. The summed E-state index contributed by atoms with van der Waals surface area (Å²) in [5.74, 6) is -1.79. The summed E-state index contributed by atoms with van der Waals surface area (Å²) >= 11 is 0. The number of hydrogen-bond donors (Lipinski definition) is 3. The number of imide groups is 1. The fourth-order valence-corrected chi connectivity index (χ4v) is 5.16. The zero-order chi connectivity index (χ0) is 25.6. The van der Waals surface area contributed by atoms with Crippen LogP contribution in [0.15, 0.2) is 23.2 Å². The summed E-state index contributed by atoms with van der Waals surface area (Å²) < 4.78 is 15.9. The van der Waals surface area contributed by atoms with Gasteiger partial charge in [0.1, 0.15) is 23.4 Å². The van der Waals surface area contributed by atoms with Crippen LogP contribution in [-0.4, -0.2) is 64.5 Å². The number of carbonyl (C=O) groups is 3. The third kappa shape index (κ3) is 4.09. The number of fused-ring (bicyclic) bond motifs is 1. The molecule has 11 heteroatoms. The van der Waals surface area contributed by atoms with Crippen molar-refractivity contribution in [3.63, 3.8) is 0 Å². The summed E-state index contributed by atoms with van der Waals surface area (Å²) in [6.07, 6.45) is 2.56. The molecule has 4 heterocycles. The van der Waals surface area contributed by atoms with Crippen LogP contribution < -0.4 is 16.8 Å². The molecule has 5 N–H and O–H groups in total. The van der Waals surface area contributed by atoms with E-state index in [1.807, 2.05) is 0 Å². The summed E-state index contributed by atoms with van der Waals surface area (Å²) in [6, 6.07) is 4.01. The molecule has 2 aromatic rings. The highest BCUT2D eigenvalue weighted by molar-refractivity contribution is 6.06. The average molecular weight is 494 g/mol. The number of pyridine rings is 1. The molecule has 1 unspecified atom stereocenters. The second-order valence-electron chi connectivity index (χ2n) is 9.37. The Morgan fingerprint density at radius 3 is 2.64 bits per heavy atom. The Labute approximate surface area is 207 Å². The van der Waals surface area contributed by atoms with Crippen molar-refractivity contribution < 1.29 is 18.8 Å². The molecule has 0 saturated carbocycles. The highest BCUT2D eigenvalue weighted by atomic mass is 19.1. The van der Waals surface area contributed by atoms with Crippen molar-refractivity contribution in [2.75, 3.05) is 25.9 Å². The van der Waals surface area contributed by atoms with Crippen molar-refractivity contribution >= 4 is 29.2 Å². The lowest BCUT2D eigenvalue weighted by molar-refractivity contribution is -0.136. The molecule has 3 aliphatic heterocycles. The van der Waals surface area contributed by atoms with Crippen molar-refractivity contribution in [2.45, 2.75) is 44.8 Å². The topological polar surface area (TPSA) is 147 Å². The molecule has 0 aliphatic carbocycles. The van der Waals surface area contributed by atoms with Crippen LogP contribution in [-0.2, 0) is 22.7 Å². The van der Waals surface area contributed by atoms with E-state index < -0.39 is 23.7 Å². The normalized spacial score (nSPS) is 20.7. The Hall–Kier alpha value is -3.86. The van der Waals surface area contributed by atoms with Crippen LogP contribution in [0.4, 0.5) is 10.1 Å². The van der Waals surface area contributed by atoms with Gasteiger partial charge in [-0.1, -0.05) is 0 Å². The second-order valence-corrected chi connectivity index (χ2v) is 9.37. The zero-order valence-electron chi connectivity index (χ0n) is 20.0. The third-order valence-corrected chi connectivity index (χ3v) is 7.15. The smallest absolute Gasteiger partial charge is 0.255 e. The van der Waals surface area contributed by atoms with Crippen LogP contribution in [0.2, 0.25) is 0 Å². The predicted molar refractivity (Wildman–Crippen MR) is 131 cm³/mol. The quantitative estimate of drug-likeness (QED) is 0.322. The maximum Gasteiger partial charge on any atom is 0.255 e. The van der Waals surface area contributed by atoms with E-state index in [4.69, 9.17) is 11.5 Å². The molecule has 188 valence electrons. The number of nitrogens with two attached hydrogens (primary N) is 2. The molecular weight excluding hydrogens is 465 g/mol. The molecule has 0 radical (unpaired) electrons. The number of amides is 3. The molecule has 0 spiro atoms. The van der Waals surface area contributed by atoms with Crippen LogP contribution in [0.1, 0.15) is 52.9 Å². The third-order valence-electron chi connectivity index (χ3n) is 7.15. The number of nitrogens with one attached hydrogen (secondary N) is 1. The molecule has 2 fully saturated rings. The average Bonchev–Trinajstić information content (AvgIpc) is 3.49. The number of likely N-dealkylation sites (tertiary alicyclic amines) is 1. The minimum Gasteiger partial charge on any atom is -0.397 e. The number of carbonyl (C=O) groups excluding carboxylic acids is 3. The lowest BCUT2D eigenvalue weighted by Crippen LogP contribution is -2.52. The highest BCUT2D eigenvalue weighted by Gasteiger charge is 2.40. The number of rotatable bonds is 5. The molecular formula is C25H28FN7O3. The van der Waals surface area contributed by atoms with Gasteiger partial charge in [0.2, 0.25) is 11.8 Å². The molecule has 1 atom stereocenters. The van der Waals surface area contributed by atoms with E-state index in [1.54, 1.807) is 12.1 Å². The number of hydrogen-bond acceptors (Lipinski definition) is 7. The molecule has 36 heavy (non-hydrogen) atoms. The van der Waals surface area contributed by atoms with Crippen molar-refractivity contribution in [3.05, 3.63) is 46.4 Å². The maximum atomic E-state index is 15.9. The van der Waals surface area contributed by atoms with Gasteiger partial charge in [-0.05, 0) is 56.1 Å². The number of halogens is 1. The number of nitrogen functional groups attached to an aromatic ring is 1. The van der Waals surface area contributed by atoms with Crippen molar-refractivity contribution in [2.24, 2.45) is 10.7 Å². The van der Waals surface area contributed by atoms with Gasteiger partial charge in [0, 0.05) is 36.7 Å². The van der Waals surface area contributed by atoms with Crippen molar-refractivity contribution in [3.8, 4) is 11.3 Å². The van der Waals surface area contributed by atoms with E-state index in [1.165, 1.54) is 18.0 Å². The predicted octanol–water partition coefficient (Wildman–Crippen LogP) is 1.16. The van der Waals surface area contributed by atoms with Crippen LogP contribution in [0, 0.1) is 5.82 Å². The number of benzene rings is 1. The van der Waals surface area contributed by atoms with E-state index in [0.29, 0.717) is 23.6 Å². The van der Waals surface area contributed by atoms with E-state index in [9.17, 15) is 14.4 Å². The Morgan fingerprint density at radius 1 is 1.22 bits per heavy atom. The number of nitrogens with zero attached hydrogens (tertiary/aromatic N) is 4. The van der Waals surface area contributed by atoms with E-state index in [2.05, 4.69) is 20.2 Å². The van der Waals surface area contributed by atoms with Gasteiger partial charge in [0.05, 0.1) is 17.9 Å². The number of anilines is 1. The molecule has 2 saturated heterocycles. The Bertz CT molecular complexity index is 1300. The van der Waals surface area contributed by atoms with Crippen LogP contribution in [0.5, 0.6) is 0 Å². The van der Waals surface area contributed by atoms with Crippen LogP contribution >= 0.6 is 0 Å². The van der Waals surface area contributed by atoms with Crippen LogP contribution in [0.3, 0.4) is 0 Å². The van der Waals surface area contributed by atoms with Crippen molar-refractivity contribution in [1.82, 2.24) is 20.1 Å². The molecule has 10 nitrogen and oxygen atoms in total.